The summed E-state index contributed by atoms with van der Waals surface area (Å²) < 4.78 is 5.58. The number of carbonyl (C=O) groups is 1. The summed E-state index contributed by atoms with van der Waals surface area (Å²) in [7, 11) is 0. The normalized spacial score (nSPS) is 34.9. The SMILES string of the molecule is CC(Cc1ccc2c(c1)CCO2)NC(=O)NC12CC3CC(CC(C3)C1)C2. The molecule has 4 aliphatic carbocycles. The van der Waals surface area contributed by atoms with Gasteiger partial charge in [-0.2, -0.15) is 0 Å². The third-order valence-corrected chi connectivity index (χ3v) is 7.09. The van der Waals surface area contributed by atoms with Crippen molar-refractivity contribution < 1.29 is 9.53 Å². The van der Waals surface area contributed by atoms with Gasteiger partial charge in [-0.1, -0.05) is 12.1 Å². The van der Waals surface area contributed by atoms with E-state index in [1.807, 2.05) is 0 Å². The summed E-state index contributed by atoms with van der Waals surface area (Å²) in [4.78, 5) is 12.7. The Bertz CT molecular complexity index is 679. The van der Waals surface area contributed by atoms with Gasteiger partial charge in [-0.3, -0.25) is 0 Å². The number of fused-ring (bicyclic) bond motifs is 1. The highest BCUT2D eigenvalue weighted by Gasteiger charge is 2.51. The molecule has 0 saturated heterocycles. The average molecular weight is 354 g/mol. The molecule has 2 amide bonds. The van der Waals surface area contributed by atoms with Crippen molar-refractivity contribution in [2.45, 2.75) is 69.9 Å². The molecule has 4 bridgehead atoms. The molecule has 1 aliphatic heterocycles. The highest BCUT2D eigenvalue weighted by Crippen LogP contribution is 2.55. The summed E-state index contributed by atoms with van der Waals surface area (Å²) in [5.41, 5.74) is 2.66. The van der Waals surface area contributed by atoms with Gasteiger partial charge in [0.25, 0.3) is 0 Å². The van der Waals surface area contributed by atoms with E-state index in [-0.39, 0.29) is 17.6 Å². The van der Waals surface area contributed by atoms with Crippen LogP contribution in [-0.4, -0.2) is 24.2 Å². The smallest absolute Gasteiger partial charge is 0.315 e. The van der Waals surface area contributed by atoms with Crippen LogP contribution in [0.3, 0.4) is 0 Å². The zero-order valence-electron chi connectivity index (χ0n) is 15.7. The lowest BCUT2D eigenvalue weighted by Gasteiger charge is -2.56. The standard InChI is InChI=1S/C22H30N2O2/c1-14(6-15-2-3-20-19(10-15)4-5-26-20)23-21(25)24-22-11-16-7-17(12-22)9-18(8-16)13-22/h2-3,10,14,16-18H,4-9,11-13H2,1H3,(H2,23,24,25). The molecular weight excluding hydrogens is 324 g/mol. The zero-order valence-corrected chi connectivity index (χ0v) is 15.7. The predicted octanol–water partition coefficient (Wildman–Crippen LogP) is 3.82. The van der Waals surface area contributed by atoms with Gasteiger partial charge in [0.1, 0.15) is 5.75 Å². The van der Waals surface area contributed by atoms with Crippen LogP contribution in [0, 0.1) is 17.8 Å². The average Bonchev–Trinajstić information content (AvgIpc) is 3.00. The molecule has 2 N–H and O–H groups in total. The Morgan fingerprint density at radius 2 is 1.88 bits per heavy atom. The van der Waals surface area contributed by atoms with Crippen molar-refractivity contribution in [3.8, 4) is 5.75 Å². The van der Waals surface area contributed by atoms with E-state index in [2.05, 4.69) is 35.8 Å². The number of hydrogen-bond acceptors (Lipinski definition) is 2. The lowest BCUT2D eigenvalue weighted by atomic mass is 9.53. The molecule has 1 unspecified atom stereocenters. The Morgan fingerprint density at radius 1 is 1.19 bits per heavy atom. The number of hydrogen-bond donors (Lipinski definition) is 2. The molecule has 6 rings (SSSR count). The second-order valence-corrected chi connectivity index (χ2v) is 9.44. The molecule has 1 aromatic rings. The maximum Gasteiger partial charge on any atom is 0.315 e. The summed E-state index contributed by atoms with van der Waals surface area (Å²) in [5, 5.41) is 6.60. The van der Waals surface area contributed by atoms with Crippen molar-refractivity contribution in [2.75, 3.05) is 6.61 Å². The van der Waals surface area contributed by atoms with Crippen LogP contribution in [0.4, 0.5) is 4.79 Å². The lowest BCUT2D eigenvalue weighted by Crippen LogP contribution is -2.62. The molecule has 26 heavy (non-hydrogen) atoms. The van der Waals surface area contributed by atoms with Crippen molar-refractivity contribution >= 4 is 6.03 Å². The Morgan fingerprint density at radius 3 is 2.58 bits per heavy atom. The molecule has 1 atom stereocenters. The Kier molecular flexibility index (Phi) is 3.91. The van der Waals surface area contributed by atoms with Crippen LogP contribution >= 0.6 is 0 Å². The molecule has 140 valence electrons. The maximum absolute atomic E-state index is 12.7. The topological polar surface area (TPSA) is 50.4 Å². The molecular formula is C22H30N2O2. The monoisotopic (exact) mass is 354 g/mol. The van der Waals surface area contributed by atoms with Gasteiger partial charge < -0.3 is 15.4 Å². The van der Waals surface area contributed by atoms with E-state index in [0.717, 1.165) is 43.0 Å². The lowest BCUT2D eigenvalue weighted by molar-refractivity contribution is -0.0136. The van der Waals surface area contributed by atoms with Crippen LogP contribution in [0.1, 0.15) is 56.6 Å². The Hall–Kier alpha value is -1.71. The first-order valence-corrected chi connectivity index (χ1v) is 10.4. The second kappa shape index (κ2) is 6.17. The Balaban J connectivity index is 1.18. The van der Waals surface area contributed by atoms with Crippen LogP contribution in [0.2, 0.25) is 0 Å². The molecule has 0 aromatic heterocycles. The van der Waals surface area contributed by atoms with Gasteiger partial charge in [-0.05, 0) is 86.8 Å². The quantitative estimate of drug-likeness (QED) is 0.863. The van der Waals surface area contributed by atoms with Gasteiger partial charge in [0.05, 0.1) is 6.61 Å². The van der Waals surface area contributed by atoms with Crippen molar-refractivity contribution in [1.29, 1.82) is 0 Å². The van der Waals surface area contributed by atoms with Crippen LogP contribution in [0.25, 0.3) is 0 Å². The number of urea groups is 1. The molecule has 0 radical (unpaired) electrons. The fraction of sp³-hybridized carbons (Fsp3) is 0.682. The highest BCUT2D eigenvalue weighted by molar-refractivity contribution is 5.75. The van der Waals surface area contributed by atoms with Crippen LogP contribution in [-0.2, 0) is 12.8 Å². The van der Waals surface area contributed by atoms with Crippen LogP contribution in [0.5, 0.6) is 5.75 Å². The van der Waals surface area contributed by atoms with E-state index in [1.165, 1.54) is 49.7 Å². The van der Waals surface area contributed by atoms with E-state index in [9.17, 15) is 4.79 Å². The zero-order chi connectivity index (χ0) is 17.7. The van der Waals surface area contributed by atoms with Crippen LogP contribution < -0.4 is 15.4 Å². The third-order valence-electron chi connectivity index (χ3n) is 7.09. The summed E-state index contributed by atoms with van der Waals surface area (Å²) in [6.07, 6.45) is 9.67. The summed E-state index contributed by atoms with van der Waals surface area (Å²) in [5.74, 6) is 3.58. The van der Waals surface area contributed by atoms with Gasteiger partial charge in [-0.25, -0.2) is 4.79 Å². The fourth-order valence-corrected chi connectivity index (χ4v) is 6.54. The largest absolute Gasteiger partial charge is 0.493 e. The number of carbonyl (C=O) groups excluding carboxylic acids is 1. The maximum atomic E-state index is 12.7. The van der Waals surface area contributed by atoms with E-state index in [0.29, 0.717) is 0 Å². The third kappa shape index (κ3) is 3.08. The Labute approximate surface area is 156 Å². The van der Waals surface area contributed by atoms with Gasteiger partial charge in [0, 0.05) is 18.0 Å². The number of nitrogens with one attached hydrogen (secondary N) is 2. The van der Waals surface area contributed by atoms with E-state index < -0.39 is 0 Å². The van der Waals surface area contributed by atoms with Gasteiger partial charge in [0.15, 0.2) is 0 Å². The van der Waals surface area contributed by atoms with Crippen molar-refractivity contribution in [3.05, 3.63) is 29.3 Å². The van der Waals surface area contributed by atoms with Gasteiger partial charge in [-0.15, -0.1) is 0 Å². The van der Waals surface area contributed by atoms with Gasteiger partial charge >= 0.3 is 6.03 Å². The van der Waals surface area contributed by atoms with E-state index in [1.54, 1.807) is 0 Å². The predicted molar refractivity (Wildman–Crippen MR) is 101 cm³/mol. The van der Waals surface area contributed by atoms with Crippen molar-refractivity contribution in [2.24, 2.45) is 17.8 Å². The fourth-order valence-electron chi connectivity index (χ4n) is 6.54. The van der Waals surface area contributed by atoms with Crippen molar-refractivity contribution in [1.82, 2.24) is 10.6 Å². The molecule has 4 saturated carbocycles. The van der Waals surface area contributed by atoms with E-state index >= 15 is 0 Å². The molecule has 4 fully saturated rings. The molecule has 1 aromatic carbocycles. The minimum absolute atomic E-state index is 0.0314. The number of amides is 2. The molecule has 5 aliphatic rings. The minimum atomic E-state index is 0.0314. The van der Waals surface area contributed by atoms with Crippen LogP contribution in [0.15, 0.2) is 18.2 Å². The minimum Gasteiger partial charge on any atom is -0.493 e. The van der Waals surface area contributed by atoms with E-state index in [4.69, 9.17) is 4.74 Å². The number of rotatable bonds is 4. The van der Waals surface area contributed by atoms with Crippen molar-refractivity contribution in [3.63, 3.8) is 0 Å². The first-order valence-electron chi connectivity index (χ1n) is 10.4. The molecule has 0 spiro atoms. The molecule has 1 heterocycles. The first kappa shape index (κ1) is 16.5. The summed E-state index contributed by atoms with van der Waals surface area (Å²) >= 11 is 0. The first-order chi connectivity index (χ1) is 12.6. The number of benzene rings is 1. The second-order valence-electron chi connectivity index (χ2n) is 9.44. The summed E-state index contributed by atoms with van der Waals surface area (Å²) in [6, 6.07) is 6.59. The van der Waals surface area contributed by atoms with Gasteiger partial charge in [0.2, 0.25) is 0 Å². The summed E-state index contributed by atoms with van der Waals surface area (Å²) in [6.45, 7) is 2.89. The highest BCUT2D eigenvalue weighted by atomic mass is 16.5. The molecule has 4 heteroatoms. The number of ether oxygens (including phenoxy) is 1. The molecule has 4 nitrogen and oxygen atoms in total.